The molecule has 5 nitrogen and oxygen atoms in total. The van der Waals surface area contributed by atoms with Gasteiger partial charge in [-0.3, -0.25) is 9.48 Å². The number of hydrogen-bond donors (Lipinski definition) is 1. The molecule has 1 aromatic heterocycles. The van der Waals surface area contributed by atoms with Crippen LogP contribution in [0, 0.1) is 6.92 Å². The zero-order chi connectivity index (χ0) is 14.7. The number of benzene rings is 1. The summed E-state index contributed by atoms with van der Waals surface area (Å²) in [5.74, 6) is 0.843. The van der Waals surface area contributed by atoms with Gasteiger partial charge in [-0.1, -0.05) is 18.2 Å². The number of nitrogens with one attached hydrogen (secondary N) is 1. The molecule has 1 unspecified atom stereocenters. The van der Waals surface area contributed by atoms with Crippen LogP contribution in [-0.2, 0) is 11.3 Å². The minimum atomic E-state index is -0.0280. The first-order chi connectivity index (χ1) is 10.2. The summed E-state index contributed by atoms with van der Waals surface area (Å²) < 4.78 is 7.37. The van der Waals surface area contributed by atoms with Crippen molar-refractivity contribution in [3.8, 4) is 5.75 Å². The molecule has 1 aliphatic rings. The highest BCUT2D eigenvalue weighted by atomic mass is 16.5. The van der Waals surface area contributed by atoms with E-state index in [4.69, 9.17) is 4.74 Å². The molecule has 0 saturated carbocycles. The van der Waals surface area contributed by atoms with Crippen molar-refractivity contribution in [3.63, 3.8) is 0 Å². The summed E-state index contributed by atoms with van der Waals surface area (Å²) >= 11 is 0. The lowest BCUT2D eigenvalue weighted by molar-refractivity contribution is -0.122. The summed E-state index contributed by atoms with van der Waals surface area (Å²) in [5.41, 5.74) is 2.11. The molecule has 0 saturated heterocycles. The van der Waals surface area contributed by atoms with Crippen LogP contribution in [0.15, 0.2) is 36.7 Å². The second-order valence-electron chi connectivity index (χ2n) is 5.36. The second-order valence-corrected chi connectivity index (χ2v) is 5.36. The molecule has 0 bridgehead atoms. The van der Waals surface area contributed by atoms with Crippen molar-refractivity contribution < 1.29 is 9.53 Å². The number of aryl methyl sites for hydroxylation is 1. The number of hydrogen-bond acceptors (Lipinski definition) is 3. The van der Waals surface area contributed by atoms with Gasteiger partial charge < -0.3 is 10.1 Å². The Morgan fingerprint density at radius 3 is 3.14 bits per heavy atom. The van der Waals surface area contributed by atoms with E-state index < -0.39 is 0 Å². The Kier molecular flexibility index (Phi) is 3.90. The Morgan fingerprint density at radius 1 is 1.48 bits per heavy atom. The average molecular weight is 285 g/mol. The smallest absolute Gasteiger partial charge is 0.242 e. The number of para-hydroxylation sites is 1. The van der Waals surface area contributed by atoms with Crippen molar-refractivity contribution in [1.29, 1.82) is 0 Å². The molecule has 21 heavy (non-hydrogen) atoms. The summed E-state index contributed by atoms with van der Waals surface area (Å²) in [6.07, 6.45) is 5.44. The molecule has 1 N–H and O–H groups in total. The fraction of sp³-hybridized carbons (Fsp3) is 0.375. The van der Waals surface area contributed by atoms with Gasteiger partial charge in [-0.15, -0.1) is 0 Å². The highest BCUT2D eigenvalue weighted by Crippen LogP contribution is 2.30. The van der Waals surface area contributed by atoms with Gasteiger partial charge in [0.2, 0.25) is 5.91 Å². The van der Waals surface area contributed by atoms with E-state index in [1.54, 1.807) is 10.9 Å². The number of ether oxygens (including phenoxy) is 1. The topological polar surface area (TPSA) is 56.2 Å². The zero-order valence-corrected chi connectivity index (χ0v) is 12.1. The molecule has 110 valence electrons. The molecule has 5 heteroatoms. The first kappa shape index (κ1) is 13.7. The van der Waals surface area contributed by atoms with Crippen LogP contribution in [0.4, 0.5) is 0 Å². The van der Waals surface area contributed by atoms with E-state index in [0.29, 0.717) is 6.61 Å². The van der Waals surface area contributed by atoms with Crippen LogP contribution in [0.25, 0.3) is 0 Å². The Morgan fingerprint density at radius 2 is 2.33 bits per heavy atom. The van der Waals surface area contributed by atoms with Crippen LogP contribution in [0.2, 0.25) is 0 Å². The largest absolute Gasteiger partial charge is 0.493 e. The quantitative estimate of drug-likeness (QED) is 0.940. The molecule has 3 rings (SSSR count). The predicted molar refractivity (Wildman–Crippen MR) is 79.0 cm³/mol. The van der Waals surface area contributed by atoms with Crippen molar-refractivity contribution in [3.05, 3.63) is 47.8 Å². The summed E-state index contributed by atoms with van der Waals surface area (Å²) in [6.45, 7) is 2.90. The minimum Gasteiger partial charge on any atom is -0.493 e. The molecule has 2 aromatic rings. The number of carbonyl (C=O) groups excluding carboxylic acids is 1. The van der Waals surface area contributed by atoms with Crippen molar-refractivity contribution in [2.24, 2.45) is 0 Å². The number of aromatic nitrogens is 2. The molecular formula is C16H19N3O2. The highest BCUT2D eigenvalue weighted by molar-refractivity contribution is 5.76. The average Bonchev–Trinajstić information content (AvgIpc) is 2.77. The predicted octanol–water partition coefficient (Wildman–Crippen LogP) is 2.22. The summed E-state index contributed by atoms with van der Waals surface area (Å²) in [5, 5.41) is 7.24. The first-order valence-electron chi connectivity index (χ1n) is 7.22. The van der Waals surface area contributed by atoms with Crippen molar-refractivity contribution in [2.45, 2.75) is 32.4 Å². The number of carbonyl (C=O) groups is 1. The van der Waals surface area contributed by atoms with Gasteiger partial charge in [0.25, 0.3) is 0 Å². The maximum absolute atomic E-state index is 12.2. The van der Waals surface area contributed by atoms with Crippen LogP contribution < -0.4 is 10.1 Å². The molecule has 1 aromatic carbocycles. The maximum Gasteiger partial charge on any atom is 0.242 e. The van der Waals surface area contributed by atoms with E-state index >= 15 is 0 Å². The van der Waals surface area contributed by atoms with E-state index in [0.717, 1.165) is 29.7 Å². The first-order valence-corrected chi connectivity index (χ1v) is 7.22. The zero-order valence-electron chi connectivity index (χ0n) is 12.1. The lowest BCUT2D eigenvalue weighted by Gasteiger charge is -2.18. The van der Waals surface area contributed by atoms with E-state index in [2.05, 4.69) is 10.4 Å². The van der Waals surface area contributed by atoms with E-state index in [1.165, 1.54) is 0 Å². The van der Waals surface area contributed by atoms with Gasteiger partial charge in [-0.05, 0) is 31.4 Å². The van der Waals surface area contributed by atoms with Crippen molar-refractivity contribution in [1.82, 2.24) is 15.1 Å². The van der Waals surface area contributed by atoms with Gasteiger partial charge in [0.05, 0.1) is 18.8 Å². The molecule has 1 atom stereocenters. The third kappa shape index (κ3) is 3.24. The Bertz CT molecular complexity index is 636. The van der Waals surface area contributed by atoms with Crippen LogP contribution >= 0.6 is 0 Å². The lowest BCUT2D eigenvalue weighted by Crippen LogP contribution is -2.31. The molecule has 0 aliphatic carbocycles. The molecular weight excluding hydrogens is 266 g/mol. The Balaban J connectivity index is 1.70. The number of nitrogens with zero attached hydrogens (tertiary/aromatic N) is 2. The number of fused-ring (bicyclic) bond motifs is 1. The monoisotopic (exact) mass is 285 g/mol. The number of amides is 1. The summed E-state index contributed by atoms with van der Waals surface area (Å²) in [4.78, 5) is 12.2. The Hall–Kier alpha value is -2.30. The number of rotatable bonds is 3. The molecule has 2 heterocycles. The third-order valence-corrected chi connectivity index (χ3v) is 3.59. The van der Waals surface area contributed by atoms with Crippen molar-refractivity contribution in [2.75, 3.05) is 6.61 Å². The van der Waals surface area contributed by atoms with Crippen LogP contribution in [0.1, 0.15) is 30.0 Å². The van der Waals surface area contributed by atoms with Gasteiger partial charge >= 0.3 is 0 Å². The maximum atomic E-state index is 12.2. The second kappa shape index (κ2) is 5.99. The molecule has 0 fully saturated rings. The van der Waals surface area contributed by atoms with Crippen LogP contribution in [-0.4, -0.2) is 22.3 Å². The van der Waals surface area contributed by atoms with Gasteiger partial charge in [0.15, 0.2) is 0 Å². The van der Waals surface area contributed by atoms with Gasteiger partial charge in [-0.2, -0.15) is 5.10 Å². The molecule has 0 radical (unpaired) electrons. The van der Waals surface area contributed by atoms with Gasteiger partial charge in [0.1, 0.15) is 12.3 Å². The highest BCUT2D eigenvalue weighted by Gasteiger charge is 2.21. The molecule has 1 amide bonds. The standard InChI is InChI=1S/C16H19N3O2/c1-12-9-17-19(10-12)11-16(20)18-14-6-4-8-21-15-7-3-2-5-13(14)15/h2-3,5,7,9-10,14H,4,6,8,11H2,1H3,(H,18,20). The van der Waals surface area contributed by atoms with Gasteiger partial charge in [0, 0.05) is 11.8 Å². The van der Waals surface area contributed by atoms with Crippen molar-refractivity contribution >= 4 is 5.91 Å². The normalized spacial score (nSPS) is 17.5. The van der Waals surface area contributed by atoms with Crippen LogP contribution in [0.3, 0.4) is 0 Å². The molecule has 1 aliphatic heterocycles. The van der Waals surface area contributed by atoms with E-state index in [9.17, 15) is 4.79 Å². The van der Waals surface area contributed by atoms with E-state index in [-0.39, 0.29) is 18.5 Å². The summed E-state index contributed by atoms with van der Waals surface area (Å²) in [7, 11) is 0. The molecule has 0 spiro atoms. The van der Waals surface area contributed by atoms with Gasteiger partial charge in [-0.25, -0.2) is 0 Å². The lowest BCUT2D eigenvalue weighted by atomic mass is 10.0. The van der Waals surface area contributed by atoms with Crippen LogP contribution in [0.5, 0.6) is 5.75 Å². The SMILES string of the molecule is Cc1cnn(CC(=O)NC2CCCOc3ccccc32)c1. The minimum absolute atomic E-state index is 0.00728. The fourth-order valence-electron chi connectivity index (χ4n) is 2.62. The summed E-state index contributed by atoms with van der Waals surface area (Å²) in [6, 6.07) is 7.91. The van der Waals surface area contributed by atoms with E-state index in [1.807, 2.05) is 37.4 Å². The fourth-order valence-corrected chi connectivity index (χ4v) is 2.62. The third-order valence-electron chi connectivity index (χ3n) is 3.59. The Labute approximate surface area is 123 Å².